The third-order valence-corrected chi connectivity index (χ3v) is 7.02. The number of anilines is 1. The van der Waals surface area contributed by atoms with Crippen LogP contribution in [0.5, 0.6) is 0 Å². The van der Waals surface area contributed by atoms with E-state index >= 15 is 0 Å². The molecule has 0 spiro atoms. The van der Waals surface area contributed by atoms with Crippen LogP contribution in [0, 0.1) is 0 Å². The number of aromatic amines is 1. The van der Waals surface area contributed by atoms with Crippen LogP contribution in [0.1, 0.15) is 27.7 Å². The van der Waals surface area contributed by atoms with Gasteiger partial charge in [0, 0.05) is 42.1 Å². The molecule has 0 saturated carbocycles. The lowest BCUT2D eigenvalue weighted by Crippen LogP contribution is -2.49. The van der Waals surface area contributed by atoms with Crippen LogP contribution in [-0.4, -0.2) is 66.5 Å². The zero-order chi connectivity index (χ0) is 25.8. The van der Waals surface area contributed by atoms with Crippen LogP contribution in [0.4, 0.5) is 5.69 Å². The number of esters is 1. The van der Waals surface area contributed by atoms with E-state index in [0.717, 1.165) is 26.2 Å². The third-order valence-electron chi connectivity index (χ3n) is 6.78. The molecule has 0 atom stereocenters. The Hall–Kier alpha value is -3.65. The summed E-state index contributed by atoms with van der Waals surface area (Å²) in [6.07, 6.45) is 0. The monoisotopic (exact) mass is 516 g/mol. The first kappa shape index (κ1) is 25.0. The zero-order valence-electron chi connectivity index (χ0n) is 20.6. The molecule has 5 rings (SSSR count). The molecule has 0 unspecified atom stereocenters. The van der Waals surface area contributed by atoms with Crippen molar-refractivity contribution in [1.82, 2.24) is 14.8 Å². The largest absolute Gasteiger partial charge is 0.464 e. The van der Waals surface area contributed by atoms with Crippen molar-refractivity contribution in [3.05, 3.63) is 101 Å². The van der Waals surface area contributed by atoms with Gasteiger partial charge >= 0.3 is 5.97 Å². The number of hydrogen-bond donors (Lipinski definition) is 2. The topological polar surface area (TPSA) is 77.7 Å². The number of amides is 1. The van der Waals surface area contributed by atoms with Crippen LogP contribution in [0.3, 0.4) is 0 Å². The van der Waals surface area contributed by atoms with E-state index in [0.29, 0.717) is 21.6 Å². The van der Waals surface area contributed by atoms with Gasteiger partial charge in [0.25, 0.3) is 0 Å². The van der Waals surface area contributed by atoms with E-state index in [1.165, 1.54) is 18.2 Å². The average molecular weight is 517 g/mol. The Bertz CT molecular complexity index is 1340. The number of rotatable bonds is 7. The summed E-state index contributed by atoms with van der Waals surface area (Å²) in [6.45, 7) is 3.40. The normalized spacial score (nSPS) is 14.7. The number of fused-ring (bicyclic) bond motifs is 1. The van der Waals surface area contributed by atoms with Crippen LogP contribution < -0.4 is 5.32 Å². The standard InChI is InChI=1S/C29H29ClN4O3/c1-37-29(36)27-26(23-18-22(30)12-13-24(23)31-27)32-25(35)19-33-14-16-34(17-15-33)28(20-8-4-2-5-9-20)21-10-6-3-7-11-21/h2-13,18,28,31H,14-17,19H2,1H3,(H,32,35). The summed E-state index contributed by atoms with van der Waals surface area (Å²) in [4.78, 5) is 33.0. The maximum absolute atomic E-state index is 13.1. The fraction of sp³-hybridized carbons (Fsp3) is 0.241. The Morgan fingerprint density at radius 3 is 2.16 bits per heavy atom. The fourth-order valence-corrected chi connectivity index (χ4v) is 5.17. The Morgan fingerprint density at radius 1 is 0.946 bits per heavy atom. The second kappa shape index (κ2) is 11.2. The van der Waals surface area contributed by atoms with E-state index in [-0.39, 0.29) is 24.2 Å². The molecule has 0 radical (unpaired) electrons. The molecule has 1 fully saturated rings. The van der Waals surface area contributed by atoms with Crippen LogP contribution in [-0.2, 0) is 9.53 Å². The molecule has 0 bridgehead atoms. The molecule has 1 amide bonds. The Labute approximate surface area is 221 Å². The summed E-state index contributed by atoms with van der Waals surface area (Å²) in [5, 5.41) is 4.11. The molecule has 3 aromatic carbocycles. The quantitative estimate of drug-likeness (QED) is 0.340. The highest BCUT2D eigenvalue weighted by molar-refractivity contribution is 6.31. The minimum absolute atomic E-state index is 0.164. The van der Waals surface area contributed by atoms with Crippen LogP contribution >= 0.6 is 11.6 Å². The Balaban J connectivity index is 1.27. The maximum atomic E-state index is 13.1. The number of halogens is 1. The van der Waals surface area contributed by atoms with Gasteiger partial charge in [-0.3, -0.25) is 14.6 Å². The lowest BCUT2D eigenvalue weighted by molar-refractivity contribution is -0.117. The maximum Gasteiger partial charge on any atom is 0.356 e. The second-order valence-corrected chi connectivity index (χ2v) is 9.58. The molecule has 1 aromatic heterocycles. The minimum atomic E-state index is -0.552. The van der Waals surface area contributed by atoms with Gasteiger partial charge in [0.05, 0.1) is 25.4 Å². The SMILES string of the molecule is COC(=O)c1[nH]c2ccc(Cl)cc2c1NC(=O)CN1CCN(C(c2ccccc2)c2ccccc2)CC1. The summed E-state index contributed by atoms with van der Waals surface area (Å²) in [6, 6.07) is 26.4. The molecule has 4 aromatic rings. The summed E-state index contributed by atoms with van der Waals surface area (Å²) < 4.78 is 4.90. The van der Waals surface area contributed by atoms with Crippen molar-refractivity contribution < 1.29 is 14.3 Å². The molecular weight excluding hydrogens is 488 g/mol. The molecule has 0 aliphatic carbocycles. The minimum Gasteiger partial charge on any atom is -0.464 e. The number of H-pyrrole nitrogens is 1. The average Bonchev–Trinajstić information content (AvgIpc) is 3.27. The number of methoxy groups -OCH3 is 1. The molecule has 37 heavy (non-hydrogen) atoms. The highest BCUT2D eigenvalue weighted by Crippen LogP contribution is 2.31. The predicted molar refractivity (Wildman–Crippen MR) is 146 cm³/mol. The van der Waals surface area contributed by atoms with Gasteiger partial charge in [-0.25, -0.2) is 4.79 Å². The first-order valence-corrected chi connectivity index (χ1v) is 12.7. The number of ether oxygens (including phenoxy) is 1. The van der Waals surface area contributed by atoms with E-state index in [1.54, 1.807) is 18.2 Å². The van der Waals surface area contributed by atoms with Gasteiger partial charge in [-0.1, -0.05) is 72.3 Å². The molecule has 8 heteroatoms. The lowest BCUT2D eigenvalue weighted by atomic mass is 9.96. The number of carbonyl (C=O) groups excluding carboxylic acids is 2. The smallest absolute Gasteiger partial charge is 0.356 e. The Morgan fingerprint density at radius 2 is 1.57 bits per heavy atom. The predicted octanol–water partition coefficient (Wildman–Crippen LogP) is 4.95. The molecule has 1 aliphatic rings. The van der Waals surface area contributed by atoms with Crippen LogP contribution in [0.2, 0.25) is 5.02 Å². The third kappa shape index (κ3) is 5.54. The first-order valence-electron chi connectivity index (χ1n) is 12.3. The van der Waals surface area contributed by atoms with E-state index in [2.05, 4.69) is 68.6 Å². The van der Waals surface area contributed by atoms with Crippen LogP contribution in [0.15, 0.2) is 78.9 Å². The molecule has 190 valence electrons. The number of nitrogens with one attached hydrogen (secondary N) is 2. The Kier molecular flexibility index (Phi) is 7.55. The van der Waals surface area contributed by atoms with Crippen molar-refractivity contribution in [2.24, 2.45) is 0 Å². The van der Waals surface area contributed by atoms with Crippen molar-refractivity contribution in [1.29, 1.82) is 0 Å². The van der Waals surface area contributed by atoms with E-state index in [1.807, 2.05) is 12.1 Å². The number of hydrogen-bond acceptors (Lipinski definition) is 5. The number of piperazine rings is 1. The van der Waals surface area contributed by atoms with Gasteiger partial charge in [-0.2, -0.15) is 0 Å². The van der Waals surface area contributed by atoms with Gasteiger partial charge in [0.2, 0.25) is 5.91 Å². The molecular formula is C29H29ClN4O3. The second-order valence-electron chi connectivity index (χ2n) is 9.14. The number of nitrogens with zero attached hydrogens (tertiary/aromatic N) is 2. The van der Waals surface area contributed by atoms with Crippen molar-refractivity contribution in [3.63, 3.8) is 0 Å². The summed E-state index contributed by atoms with van der Waals surface area (Å²) >= 11 is 6.18. The number of carbonyl (C=O) groups is 2. The van der Waals surface area contributed by atoms with Gasteiger partial charge < -0.3 is 15.0 Å². The van der Waals surface area contributed by atoms with Crippen molar-refractivity contribution in [3.8, 4) is 0 Å². The fourth-order valence-electron chi connectivity index (χ4n) is 5.00. The molecule has 2 N–H and O–H groups in total. The highest BCUT2D eigenvalue weighted by atomic mass is 35.5. The van der Waals surface area contributed by atoms with Gasteiger partial charge in [-0.15, -0.1) is 0 Å². The van der Waals surface area contributed by atoms with Crippen molar-refractivity contribution >= 4 is 40.1 Å². The highest BCUT2D eigenvalue weighted by Gasteiger charge is 2.28. The molecule has 7 nitrogen and oxygen atoms in total. The van der Waals surface area contributed by atoms with E-state index in [4.69, 9.17) is 16.3 Å². The van der Waals surface area contributed by atoms with E-state index < -0.39 is 5.97 Å². The molecule has 2 heterocycles. The van der Waals surface area contributed by atoms with Gasteiger partial charge in [0.15, 0.2) is 0 Å². The first-order chi connectivity index (χ1) is 18.0. The number of benzene rings is 3. The van der Waals surface area contributed by atoms with Crippen molar-refractivity contribution in [2.45, 2.75) is 6.04 Å². The zero-order valence-corrected chi connectivity index (χ0v) is 21.4. The molecule has 1 aliphatic heterocycles. The summed E-state index contributed by atoms with van der Waals surface area (Å²) in [5.74, 6) is -0.744. The lowest BCUT2D eigenvalue weighted by Gasteiger charge is -2.39. The van der Waals surface area contributed by atoms with Crippen LogP contribution in [0.25, 0.3) is 10.9 Å². The summed E-state index contributed by atoms with van der Waals surface area (Å²) in [7, 11) is 1.31. The summed E-state index contributed by atoms with van der Waals surface area (Å²) in [5.41, 5.74) is 3.80. The van der Waals surface area contributed by atoms with Gasteiger partial charge in [0.1, 0.15) is 5.69 Å². The molecule has 1 saturated heterocycles. The number of aromatic nitrogens is 1. The van der Waals surface area contributed by atoms with Crippen molar-refractivity contribution in [2.75, 3.05) is 45.2 Å². The van der Waals surface area contributed by atoms with E-state index in [9.17, 15) is 9.59 Å². The van der Waals surface area contributed by atoms with Gasteiger partial charge in [-0.05, 0) is 29.3 Å².